The minimum absolute atomic E-state index is 0.106. The van der Waals surface area contributed by atoms with Crippen LogP contribution in [0.4, 0.5) is 0 Å². The Kier molecular flexibility index (Phi) is 5.22. The van der Waals surface area contributed by atoms with Crippen LogP contribution in [0.2, 0.25) is 0 Å². The molecule has 2 N–H and O–H groups in total. The highest BCUT2D eigenvalue weighted by Gasteiger charge is 2.16. The number of nitrogens with one attached hydrogen (secondary N) is 2. The number of ether oxygens (including phenoxy) is 2. The van der Waals surface area contributed by atoms with Gasteiger partial charge in [-0.1, -0.05) is 30.3 Å². The summed E-state index contributed by atoms with van der Waals surface area (Å²) >= 11 is 0. The highest BCUT2D eigenvalue weighted by atomic mass is 16.5. The van der Waals surface area contributed by atoms with Crippen LogP contribution in [0.1, 0.15) is 29.0 Å². The van der Waals surface area contributed by atoms with Gasteiger partial charge in [0.1, 0.15) is 17.2 Å². The lowest BCUT2D eigenvalue weighted by atomic mass is 10.1. The molecule has 0 aliphatic carbocycles. The van der Waals surface area contributed by atoms with Gasteiger partial charge in [0.15, 0.2) is 0 Å². The van der Waals surface area contributed by atoms with Crippen molar-refractivity contribution < 1.29 is 14.3 Å². The molecule has 6 heteroatoms. The van der Waals surface area contributed by atoms with Gasteiger partial charge in [-0.05, 0) is 30.7 Å². The molecule has 0 unspecified atom stereocenters. The second-order valence-electron chi connectivity index (χ2n) is 5.84. The standard InChI is InChI=1S/C20H21N3O3/c1-13(14-7-5-4-6-8-14)21-20(24)18-12-17(22-23-18)16-10-9-15(25-2)11-19(16)26-3/h4-13H,1-3H3,(H,21,24)(H,22,23)/t13-/m0/s1. The molecule has 0 aliphatic heterocycles. The van der Waals surface area contributed by atoms with Crippen LogP contribution >= 0.6 is 0 Å². The molecule has 0 saturated heterocycles. The number of hydrogen-bond acceptors (Lipinski definition) is 4. The summed E-state index contributed by atoms with van der Waals surface area (Å²) in [5, 5.41) is 10.00. The van der Waals surface area contributed by atoms with E-state index in [0.717, 1.165) is 11.1 Å². The maximum absolute atomic E-state index is 12.5. The summed E-state index contributed by atoms with van der Waals surface area (Å²) in [4.78, 5) is 12.5. The molecule has 0 aliphatic rings. The van der Waals surface area contributed by atoms with Crippen molar-refractivity contribution in [2.24, 2.45) is 0 Å². The minimum atomic E-state index is -0.215. The molecule has 0 saturated carbocycles. The van der Waals surface area contributed by atoms with Gasteiger partial charge in [0.2, 0.25) is 0 Å². The van der Waals surface area contributed by atoms with E-state index in [9.17, 15) is 4.79 Å². The molecule has 0 bridgehead atoms. The van der Waals surface area contributed by atoms with Crippen LogP contribution in [0.5, 0.6) is 11.5 Å². The van der Waals surface area contributed by atoms with Crippen molar-refractivity contribution in [2.45, 2.75) is 13.0 Å². The lowest BCUT2D eigenvalue weighted by Crippen LogP contribution is -2.26. The number of rotatable bonds is 6. The van der Waals surface area contributed by atoms with Crippen LogP contribution in [-0.4, -0.2) is 30.3 Å². The summed E-state index contributed by atoms with van der Waals surface area (Å²) in [5.74, 6) is 1.10. The molecule has 0 radical (unpaired) electrons. The molecule has 0 spiro atoms. The van der Waals surface area contributed by atoms with E-state index < -0.39 is 0 Å². The highest BCUT2D eigenvalue weighted by molar-refractivity contribution is 5.93. The third-order valence-corrected chi connectivity index (χ3v) is 4.15. The third-order valence-electron chi connectivity index (χ3n) is 4.15. The number of hydrogen-bond donors (Lipinski definition) is 2. The number of methoxy groups -OCH3 is 2. The van der Waals surface area contributed by atoms with Crippen LogP contribution in [0.15, 0.2) is 54.6 Å². The second-order valence-corrected chi connectivity index (χ2v) is 5.84. The van der Waals surface area contributed by atoms with Crippen LogP contribution in [0.3, 0.4) is 0 Å². The second kappa shape index (κ2) is 7.74. The molecule has 1 aromatic heterocycles. The topological polar surface area (TPSA) is 76.2 Å². The van der Waals surface area contributed by atoms with Crippen molar-refractivity contribution in [1.82, 2.24) is 15.5 Å². The quantitative estimate of drug-likeness (QED) is 0.712. The lowest BCUT2D eigenvalue weighted by molar-refractivity contribution is 0.0935. The van der Waals surface area contributed by atoms with Crippen LogP contribution in [0, 0.1) is 0 Å². The minimum Gasteiger partial charge on any atom is -0.497 e. The first-order chi connectivity index (χ1) is 12.6. The van der Waals surface area contributed by atoms with Gasteiger partial charge in [0.05, 0.1) is 26.0 Å². The average Bonchev–Trinajstić information content (AvgIpc) is 3.18. The normalized spacial score (nSPS) is 11.7. The van der Waals surface area contributed by atoms with Gasteiger partial charge in [-0.2, -0.15) is 5.10 Å². The van der Waals surface area contributed by atoms with Gasteiger partial charge in [-0.3, -0.25) is 9.89 Å². The van der Waals surface area contributed by atoms with Gasteiger partial charge in [-0.15, -0.1) is 0 Å². The summed E-state index contributed by atoms with van der Waals surface area (Å²) in [5.41, 5.74) is 2.83. The maximum Gasteiger partial charge on any atom is 0.269 e. The molecular formula is C20H21N3O3. The zero-order chi connectivity index (χ0) is 18.5. The largest absolute Gasteiger partial charge is 0.497 e. The number of carbonyl (C=O) groups excluding carboxylic acids is 1. The molecule has 134 valence electrons. The Bertz CT molecular complexity index is 890. The molecule has 1 heterocycles. The van der Waals surface area contributed by atoms with Gasteiger partial charge in [-0.25, -0.2) is 0 Å². The zero-order valence-electron chi connectivity index (χ0n) is 14.9. The maximum atomic E-state index is 12.5. The highest BCUT2D eigenvalue weighted by Crippen LogP contribution is 2.32. The van der Waals surface area contributed by atoms with Crippen molar-refractivity contribution in [2.75, 3.05) is 14.2 Å². The van der Waals surface area contributed by atoms with E-state index in [4.69, 9.17) is 9.47 Å². The molecule has 0 fully saturated rings. The third kappa shape index (κ3) is 3.69. The fourth-order valence-corrected chi connectivity index (χ4v) is 2.69. The van der Waals surface area contributed by atoms with E-state index in [1.165, 1.54) is 0 Å². The Morgan fingerprint density at radius 3 is 2.54 bits per heavy atom. The summed E-state index contributed by atoms with van der Waals surface area (Å²) in [7, 11) is 3.18. The van der Waals surface area contributed by atoms with E-state index in [2.05, 4.69) is 15.5 Å². The van der Waals surface area contributed by atoms with Crippen molar-refractivity contribution in [3.63, 3.8) is 0 Å². The molecular weight excluding hydrogens is 330 g/mol. The molecule has 26 heavy (non-hydrogen) atoms. The predicted molar refractivity (Wildman–Crippen MR) is 99.5 cm³/mol. The van der Waals surface area contributed by atoms with E-state index in [0.29, 0.717) is 22.9 Å². The molecule has 2 aromatic carbocycles. The van der Waals surface area contributed by atoms with Gasteiger partial charge in [0, 0.05) is 11.6 Å². The smallest absolute Gasteiger partial charge is 0.269 e. The number of amides is 1. The first kappa shape index (κ1) is 17.5. The Hall–Kier alpha value is -3.28. The van der Waals surface area contributed by atoms with E-state index >= 15 is 0 Å². The molecule has 6 nitrogen and oxygen atoms in total. The van der Waals surface area contributed by atoms with Gasteiger partial charge in [0.25, 0.3) is 5.91 Å². The van der Waals surface area contributed by atoms with E-state index in [-0.39, 0.29) is 11.9 Å². The van der Waals surface area contributed by atoms with Crippen molar-refractivity contribution in [3.05, 3.63) is 65.9 Å². The number of aromatic nitrogens is 2. The number of H-pyrrole nitrogens is 1. The van der Waals surface area contributed by atoms with Gasteiger partial charge < -0.3 is 14.8 Å². The Balaban J connectivity index is 1.78. The van der Waals surface area contributed by atoms with Crippen molar-refractivity contribution in [1.29, 1.82) is 0 Å². The predicted octanol–water partition coefficient (Wildman–Crippen LogP) is 3.58. The summed E-state index contributed by atoms with van der Waals surface area (Å²) < 4.78 is 10.6. The fraction of sp³-hybridized carbons (Fsp3) is 0.200. The summed E-state index contributed by atoms with van der Waals surface area (Å²) in [6.45, 7) is 1.94. The fourth-order valence-electron chi connectivity index (χ4n) is 2.69. The summed E-state index contributed by atoms with van der Waals surface area (Å²) in [6.07, 6.45) is 0. The van der Waals surface area contributed by atoms with Crippen molar-refractivity contribution >= 4 is 5.91 Å². The molecule has 1 atom stereocenters. The molecule has 1 amide bonds. The first-order valence-electron chi connectivity index (χ1n) is 8.26. The zero-order valence-corrected chi connectivity index (χ0v) is 14.9. The monoisotopic (exact) mass is 351 g/mol. The first-order valence-corrected chi connectivity index (χ1v) is 8.26. The Morgan fingerprint density at radius 1 is 1.08 bits per heavy atom. The van der Waals surface area contributed by atoms with E-state index in [1.54, 1.807) is 26.4 Å². The SMILES string of the molecule is COc1ccc(-c2cc(C(=O)N[C@@H](C)c3ccccc3)[nH]n2)c(OC)c1. The van der Waals surface area contributed by atoms with E-state index in [1.807, 2.05) is 49.4 Å². The lowest BCUT2D eigenvalue weighted by Gasteiger charge is -2.13. The van der Waals surface area contributed by atoms with Crippen LogP contribution in [0.25, 0.3) is 11.3 Å². The number of nitrogens with zero attached hydrogens (tertiary/aromatic N) is 1. The van der Waals surface area contributed by atoms with Crippen LogP contribution in [-0.2, 0) is 0 Å². The Morgan fingerprint density at radius 2 is 1.85 bits per heavy atom. The average molecular weight is 351 g/mol. The Labute approximate surface area is 152 Å². The number of aromatic amines is 1. The molecule has 3 rings (SSSR count). The van der Waals surface area contributed by atoms with Crippen molar-refractivity contribution in [3.8, 4) is 22.8 Å². The molecule has 3 aromatic rings. The summed E-state index contributed by atoms with van der Waals surface area (Å²) in [6, 6.07) is 16.8. The van der Waals surface area contributed by atoms with Crippen LogP contribution < -0.4 is 14.8 Å². The number of carbonyl (C=O) groups is 1. The van der Waals surface area contributed by atoms with Gasteiger partial charge >= 0.3 is 0 Å². The number of benzene rings is 2.